The van der Waals surface area contributed by atoms with Gasteiger partial charge >= 0.3 is 0 Å². The summed E-state index contributed by atoms with van der Waals surface area (Å²) in [5.74, 6) is 0.781. The summed E-state index contributed by atoms with van der Waals surface area (Å²) >= 11 is 3.32. The molecule has 3 N–H and O–H groups in total. The van der Waals surface area contributed by atoms with Gasteiger partial charge in [-0.3, -0.25) is 9.59 Å². The second kappa shape index (κ2) is 13.2. The zero-order valence-corrected chi connectivity index (χ0v) is 24.2. The van der Waals surface area contributed by atoms with Crippen LogP contribution in [0, 0.1) is 5.92 Å². The Morgan fingerprint density at radius 2 is 1.89 bits per heavy atom. The van der Waals surface area contributed by atoms with Crippen molar-refractivity contribution in [3.63, 3.8) is 0 Å². The minimum Gasteiger partial charge on any atom is -0.504 e. The average molecular weight is 589 g/mol. The van der Waals surface area contributed by atoms with E-state index in [1.54, 1.807) is 19.2 Å². The Morgan fingerprint density at radius 1 is 1.18 bits per heavy atom. The number of amides is 1. The molecule has 1 amide bonds. The maximum atomic E-state index is 13.7. The molecule has 2 atom stereocenters. The fraction of sp³-hybridized carbons (Fsp3) is 0.483. The summed E-state index contributed by atoms with van der Waals surface area (Å²) in [5, 5.41) is 10.9. The highest BCUT2D eigenvalue weighted by Gasteiger charge is 2.40. The molecule has 1 heterocycles. The third-order valence-electron chi connectivity index (χ3n) is 6.83. The van der Waals surface area contributed by atoms with E-state index in [0.717, 1.165) is 17.8 Å². The summed E-state index contributed by atoms with van der Waals surface area (Å²) in [7, 11) is 1.69. The monoisotopic (exact) mass is 587 g/mol. The van der Waals surface area contributed by atoms with Crippen molar-refractivity contribution in [3.05, 3.63) is 59.2 Å². The molecule has 38 heavy (non-hydrogen) atoms. The number of amidine groups is 1. The number of likely N-dealkylation sites (tertiary alicyclic amines) is 1. The Bertz CT molecular complexity index is 1150. The number of nitrogens with two attached hydrogens (primary N) is 1. The van der Waals surface area contributed by atoms with Crippen LogP contribution in [0.1, 0.15) is 67.4 Å². The Labute approximate surface area is 233 Å². The van der Waals surface area contributed by atoms with Gasteiger partial charge in [-0.1, -0.05) is 51.1 Å². The molecule has 0 radical (unpaired) electrons. The number of phenolic OH excluding ortho intramolecular Hbond substituents is 1. The van der Waals surface area contributed by atoms with Crippen LogP contribution in [-0.4, -0.2) is 60.9 Å². The van der Waals surface area contributed by atoms with Gasteiger partial charge in [0.2, 0.25) is 5.91 Å². The van der Waals surface area contributed by atoms with Gasteiger partial charge in [0.1, 0.15) is 5.84 Å². The van der Waals surface area contributed by atoms with E-state index in [9.17, 15) is 14.7 Å². The van der Waals surface area contributed by atoms with Gasteiger partial charge in [-0.2, -0.15) is 4.02 Å². The molecule has 9 heteroatoms. The number of phenols is 1. The van der Waals surface area contributed by atoms with Crippen LogP contribution in [0.3, 0.4) is 0 Å². The molecule has 1 aliphatic heterocycles. The number of nitrogens with zero attached hydrogens (tertiary/aromatic N) is 2. The standard InChI is InChI=1S/C29H38BrN3O5/c1-29(2,3)22-15-21(16-24(27(22)36)38-13-8-11-25(31)35)23(34)18-33-17-20(12-14-37-4)26(28(33)32-30)19-9-6-5-7-10-19/h5-7,9-10,15-16,20,26,36H,8,11-14,17-18H2,1-4H3,(H2,31,35)/b32-28-/t20-,26+/m0/s1. The molecule has 0 saturated carbocycles. The van der Waals surface area contributed by atoms with Crippen molar-refractivity contribution in [1.82, 2.24) is 4.90 Å². The summed E-state index contributed by atoms with van der Waals surface area (Å²) in [6.45, 7) is 7.52. The number of ketones is 1. The molecule has 2 aromatic carbocycles. The van der Waals surface area contributed by atoms with Crippen LogP contribution in [0.4, 0.5) is 0 Å². The SMILES string of the molecule is COCC[C@H]1CN(CC(=O)c2cc(OCCCC(N)=O)c(O)c(C(C)(C)C)c2)/C(=N\Br)[C@@H]1c1ccccc1. The number of primary amides is 1. The second-order valence-corrected chi connectivity index (χ2v) is 11.1. The maximum absolute atomic E-state index is 13.7. The second-order valence-electron chi connectivity index (χ2n) is 10.7. The van der Waals surface area contributed by atoms with E-state index in [1.165, 1.54) is 0 Å². The lowest BCUT2D eigenvalue weighted by atomic mass is 9.84. The van der Waals surface area contributed by atoms with Crippen molar-refractivity contribution in [1.29, 1.82) is 0 Å². The molecule has 1 fully saturated rings. The first-order valence-corrected chi connectivity index (χ1v) is 13.6. The van der Waals surface area contributed by atoms with Crippen LogP contribution >= 0.6 is 16.1 Å². The normalized spacial score (nSPS) is 18.7. The predicted molar refractivity (Wildman–Crippen MR) is 152 cm³/mol. The van der Waals surface area contributed by atoms with Crippen LogP contribution in [0.25, 0.3) is 0 Å². The number of hydrogen-bond acceptors (Lipinski definition) is 6. The minimum absolute atomic E-state index is 0.000721. The largest absolute Gasteiger partial charge is 0.504 e. The fourth-order valence-corrected chi connectivity index (χ4v) is 5.34. The quantitative estimate of drug-likeness (QED) is 0.267. The summed E-state index contributed by atoms with van der Waals surface area (Å²) < 4.78 is 15.6. The molecule has 2 aromatic rings. The molecule has 0 bridgehead atoms. The Kier molecular flexibility index (Phi) is 10.3. The van der Waals surface area contributed by atoms with E-state index in [2.05, 4.69) is 32.3 Å². The summed E-state index contributed by atoms with van der Waals surface area (Å²) in [6, 6.07) is 13.5. The molecule has 0 unspecified atom stereocenters. The molecule has 1 aliphatic rings. The van der Waals surface area contributed by atoms with Crippen LogP contribution in [0.2, 0.25) is 0 Å². The number of methoxy groups -OCH3 is 1. The van der Waals surface area contributed by atoms with Gasteiger partial charge in [0.15, 0.2) is 17.3 Å². The van der Waals surface area contributed by atoms with E-state index in [-0.39, 0.29) is 48.7 Å². The lowest BCUT2D eigenvalue weighted by Gasteiger charge is -2.24. The number of carbonyl (C=O) groups excluding carboxylic acids is 2. The van der Waals surface area contributed by atoms with Gasteiger partial charge in [0, 0.05) is 43.7 Å². The van der Waals surface area contributed by atoms with Crippen molar-refractivity contribution >= 4 is 33.7 Å². The Hall–Kier alpha value is -2.91. The Morgan fingerprint density at radius 3 is 2.50 bits per heavy atom. The van der Waals surface area contributed by atoms with E-state index >= 15 is 0 Å². The summed E-state index contributed by atoms with van der Waals surface area (Å²) in [5.41, 5.74) is 7.00. The predicted octanol–water partition coefficient (Wildman–Crippen LogP) is 4.98. The first-order valence-electron chi connectivity index (χ1n) is 12.9. The van der Waals surface area contributed by atoms with E-state index in [1.807, 2.05) is 43.9 Å². The van der Waals surface area contributed by atoms with Gasteiger partial charge in [-0.15, -0.1) is 0 Å². The van der Waals surface area contributed by atoms with Crippen molar-refractivity contribution in [2.24, 2.45) is 15.7 Å². The van der Waals surface area contributed by atoms with Crippen LogP contribution in [0.5, 0.6) is 11.5 Å². The van der Waals surface area contributed by atoms with E-state index < -0.39 is 11.3 Å². The topological polar surface area (TPSA) is 114 Å². The molecular formula is C29H38BrN3O5. The third-order valence-corrected chi connectivity index (χ3v) is 7.19. The number of halogens is 1. The van der Waals surface area contributed by atoms with Crippen LogP contribution < -0.4 is 10.5 Å². The molecule has 8 nitrogen and oxygen atoms in total. The van der Waals surface area contributed by atoms with E-state index in [4.69, 9.17) is 15.2 Å². The maximum Gasteiger partial charge on any atom is 0.217 e. The molecule has 3 rings (SSSR count). The zero-order chi connectivity index (χ0) is 27.9. The molecule has 0 aliphatic carbocycles. The highest BCUT2D eigenvalue weighted by Crippen LogP contribution is 2.40. The van der Waals surface area contributed by atoms with Crippen molar-refractivity contribution in [2.45, 2.75) is 51.4 Å². The number of aromatic hydroxyl groups is 1. The number of benzene rings is 2. The first kappa shape index (κ1) is 29.6. The molecule has 0 aromatic heterocycles. The van der Waals surface area contributed by atoms with Crippen molar-refractivity contribution in [2.75, 3.05) is 33.4 Å². The smallest absolute Gasteiger partial charge is 0.217 e. The number of ether oxygens (including phenoxy) is 2. The molecule has 206 valence electrons. The third kappa shape index (κ3) is 7.35. The fourth-order valence-electron chi connectivity index (χ4n) is 4.89. The number of carbonyl (C=O) groups is 2. The van der Waals surface area contributed by atoms with Gasteiger partial charge in [0.25, 0.3) is 0 Å². The number of Topliss-reactive ketones (excluding diaryl/α,β-unsaturated/α-hetero) is 1. The number of rotatable bonds is 12. The summed E-state index contributed by atoms with van der Waals surface area (Å²) in [4.78, 5) is 26.7. The van der Waals surface area contributed by atoms with Crippen LogP contribution in [0.15, 0.2) is 46.5 Å². The Balaban J connectivity index is 1.88. The average Bonchev–Trinajstić information content (AvgIpc) is 3.22. The zero-order valence-electron chi connectivity index (χ0n) is 22.6. The molecular weight excluding hydrogens is 550 g/mol. The summed E-state index contributed by atoms with van der Waals surface area (Å²) in [6.07, 6.45) is 1.44. The lowest BCUT2D eigenvalue weighted by Crippen LogP contribution is -2.32. The van der Waals surface area contributed by atoms with Crippen molar-refractivity contribution < 1.29 is 24.2 Å². The number of hydrogen-bond donors (Lipinski definition) is 2. The minimum atomic E-state index is -0.425. The first-order chi connectivity index (χ1) is 18.1. The van der Waals surface area contributed by atoms with Gasteiger partial charge in [-0.25, -0.2) is 0 Å². The highest BCUT2D eigenvalue weighted by atomic mass is 79.9. The van der Waals surface area contributed by atoms with Gasteiger partial charge < -0.3 is 25.2 Å². The van der Waals surface area contributed by atoms with Gasteiger partial charge in [-0.05, 0) is 41.9 Å². The lowest BCUT2D eigenvalue weighted by molar-refractivity contribution is -0.118. The van der Waals surface area contributed by atoms with Crippen LogP contribution in [-0.2, 0) is 14.9 Å². The van der Waals surface area contributed by atoms with Gasteiger partial charge in [0.05, 0.1) is 29.3 Å². The van der Waals surface area contributed by atoms with Crippen molar-refractivity contribution in [3.8, 4) is 11.5 Å². The highest BCUT2D eigenvalue weighted by molar-refractivity contribution is 9.08. The molecule has 0 spiro atoms. The van der Waals surface area contributed by atoms with E-state index in [0.29, 0.717) is 30.7 Å². The molecule has 1 saturated heterocycles.